The minimum Gasteiger partial charge on any atom is -0.484 e. The van der Waals surface area contributed by atoms with E-state index >= 15 is 0 Å². The Morgan fingerprint density at radius 3 is 2.41 bits per heavy atom. The van der Waals surface area contributed by atoms with E-state index < -0.39 is 0 Å². The summed E-state index contributed by atoms with van der Waals surface area (Å²) in [5.41, 5.74) is 3.82. The highest BCUT2D eigenvalue weighted by Crippen LogP contribution is 2.30. The zero-order chi connectivity index (χ0) is 15.9. The van der Waals surface area contributed by atoms with Crippen molar-refractivity contribution < 1.29 is 4.74 Å². The Kier molecular flexibility index (Phi) is 6.02. The molecule has 0 aliphatic carbocycles. The summed E-state index contributed by atoms with van der Waals surface area (Å²) in [5.74, 6) is 1.02. The number of aryl methyl sites for hydroxylation is 1. The van der Waals surface area contributed by atoms with Crippen molar-refractivity contribution in [1.82, 2.24) is 4.90 Å². The highest BCUT2D eigenvalue weighted by atomic mass is 16.5. The smallest absolute Gasteiger partial charge is 0.136 e. The largest absolute Gasteiger partial charge is 0.484 e. The first kappa shape index (κ1) is 16.6. The van der Waals surface area contributed by atoms with Gasteiger partial charge in [-0.2, -0.15) is 0 Å². The van der Waals surface area contributed by atoms with Gasteiger partial charge < -0.3 is 4.74 Å². The SMILES string of the molecule is CC.CCN1Cc2ccccc2OC(c2ccc(C)cc2)C1. The third-order valence-corrected chi connectivity index (χ3v) is 3.96. The van der Waals surface area contributed by atoms with E-state index in [0.29, 0.717) is 0 Å². The van der Waals surface area contributed by atoms with Crippen LogP contribution < -0.4 is 4.74 Å². The van der Waals surface area contributed by atoms with Crippen LogP contribution in [0.5, 0.6) is 5.75 Å². The predicted molar refractivity (Wildman–Crippen MR) is 93.3 cm³/mol. The molecule has 22 heavy (non-hydrogen) atoms. The number of para-hydroxylation sites is 1. The van der Waals surface area contributed by atoms with E-state index in [1.54, 1.807) is 0 Å². The van der Waals surface area contributed by atoms with Gasteiger partial charge in [-0.1, -0.05) is 68.8 Å². The molecule has 1 aliphatic heterocycles. The van der Waals surface area contributed by atoms with E-state index in [-0.39, 0.29) is 6.10 Å². The molecule has 1 heterocycles. The van der Waals surface area contributed by atoms with E-state index in [9.17, 15) is 0 Å². The summed E-state index contributed by atoms with van der Waals surface area (Å²) in [6.07, 6.45) is 0.110. The minimum absolute atomic E-state index is 0.110. The van der Waals surface area contributed by atoms with Gasteiger partial charge in [0.15, 0.2) is 0 Å². The molecule has 0 fully saturated rings. The van der Waals surface area contributed by atoms with Crippen LogP contribution in [-0.2, 0) is 6.54 Å². The summed E-state index contributed by atoms with van der Waals surface area (Å²) in [4.78, 5) is 2.44. The van der Waals surface area contributed by atoms with Gasteiger partial charge in [0, 0.05) is 18.7 Å². The van der Waals surface area contributed by atoms with Crippen molar-refractivity contribution in [2.75, 3.05) is 13.1 Å². The lowest BCUT2D eigenvalue weighted by atomic mass is 10.1. The van der Waals surface area contributed by atoms with Crippen LogP contribution in [0.15, 0.2) is 48.5 Å². The molecular formula is C20H27NO. The quantitative estimate of drug-likeness (QED) is 0.775. The lowest BCUT2D eigenvalue weighted by Gasteiger charge is -2.22. The molecule has 0 spiro atoms. The van der Waals surface area contributed by atoms with Gasteiger partial charge in [-0.15, -0.1) is 0 Å². The van der Waals surface area contributed by atoms with Crippen molar-refractivity contribution in [3.63, 3.8) is 0 Å². The highest BCUT2D eigenvalue weighted by molar-refractivity contribution is 5.35. The van der Waals surface area contributed by atoms with Crippen LogP contribution >= 0.6 is 0 Å². The maximum Gasteiger partial charge on any atom is 0.136 e. The first-order valence-corrected chi connectivity index (χ1v) is 8.29. The number of likely N-dealkylation sites (N-methyl/N-ethyl adjacent to an activating group) is 1. The molecule has 0 bridgehead atoms. The second-order valence-corrected chi connectivity index (χ2v) is 5.45. The molecule has 118 valence electrons. The number of benzene rings is 2. The number of ether oxygens (including phenoxy) is 1. The second-order valence-electron chi connectivity index (χ2n) is 5.45. The van der Waals surface area contributed by atoms with Gasteiger partial charge in [-0.05, 0) is 25.1 Å². The molecular weight excluding hydrogens is 270 g/mol. The average Bonchev–Trinajstić information content (AvgIpc) is 2.76. The lowest BCUT2D eigenvalue weighted by molar-refractivity contribution is 0.152. The highest BCUT2D eigenvalue weighted by Gasteiger charge is 2.23. The zero-order valence-corrected chi connectivity index (χ0v) is 14.2. The van der Waals surface area contributed by atoms with E-state index in [1.165, 1.54) is 16.7 Å². The van der Waals surface area contributed by atoms with Gasteiger partial charge in [-0.3, -0.25) is 4.90 Å². The standard InChI is InChI=1S/C18H21NO.C2H6/c1-3-19-12-16-6-4-5-7-17(16)20-18(13-19)15-10-8-14(2)9-11-15;1-2/h4-11,18H,3,12-13H2,1-2H3;1-2H3. The molecule has 1 aliphatic rings. The maximum atomic E-state index is 6.27. The number of hydrogen-bond donors (Lipinski definition) is 0. The van der Waals surface area contributed by atoms with Crippen molar-refractivity contribution in [3.05, 3.63) is 65.2 Å². The van der Waals surface area contributed by atoms with Gasteiger partial charge in [0.2, 0.25) is 0 Å². The molecule has 2 heteroatoms. The van der Waals surface area contributed by atoms with E-state index in [0.717, 1.165) is 25.4 Å². The van der Waals surface area contributed by atoms with Crippen molar-refractivity contribution in [1.29, 1.82) is 0 Å². The fraction of sp³-hybridized carbons (Fsp3) is 0.400. The summed E-state index contributed by atoms with van der Waals surface area (Å²) in [6.45, 7) is 11.3. The van der Waals surface area contributed by atoms with E-state index in [1.807, 2.05) is 19.9 Å². The third kappa shape index (κ3) is 3.89. The van der Waals surface area contributed by atoms with Gasteiger partial charge in [0.25, 0.3) is 0 Å². The Morgan fingerprint density at radius 1 is 1.05 bits per heavy atom. The summed E-state index contributed by atoms with van der Waals surface area (Å²) in [5, 5.41) is 0. The molecule has 0 N–H and O–H groups in total. The Balaban J connectivity index is 0.000000847. The van der Waals surface area contributed by atoms with Crippen molar-refractivity contribution >= 4 is 0 Å². The van der Waals surface area contributed by atoms with Crippen LogP contribution in [0, 0.1) is 6.92 Å². The van der Waals surface area contributed by atoms with Gasteiger partial charge >= 0.3 is 0 Å². The Hall–Kier alpha value is -1.80. The number of rotatable bonds is 2. The van der Waals surface area contributed by atoms with Gasteiger partial charge in [0.1, 0.15) is 11.9 Å². The fourth-order valence-electron chi connectivity index (χ4n) is 2.68. The summed E-state index contributed by atoms with van der Waals surface area (Å²) < 4.78 is 6.27. The topological polar surface area (TPSA) is 12.5 Å². The maximum absolute atomic E-state index is 6.27. The van der Waals surface area contributed by atoms with Crippen LogP contribution in [0.1, 0.15) is 43.6 Å². The molecule has 2 aromatic rings. The summed E-state index contributed by atoms with van der Waals surface area (Å²) in [7, 11) is 0. The molecule has 2 nitrogen and oxygen atoms in total. The molecule has 3 rings (SSSR count). The van der Waals surface area contributed by atoms with E-state index in [4.69, 9.17) is 4.74 Å². The first-order chi connectivity index (χ1) is 10.8. The minimum atomic E-state index is 0.110. The van der Waals surface area contributed by atoms with Crippen LogP contribution in [0.2, 0.25) is 0 Å². The average molecular weight is 297 g/mol. The number of hydrogen-bond acceptors (Lipinski definition) is 2. The third-order valence-electron chi connectivity index (χ3n) is 3.96. The predicted octanol–water partition coefficient (Wildman–Crippen LogP) is 4.98. The Bertz CT molecular complexity index is 577. The summed E-state index contributed by atoms with van der Waals surface area (Å²) >= 11 is 0. The molecule has 2 aromatic carbocycles. The monoisotopic (exact) mass is 297 g/mol. The molecule has 0 aromatic heterocycles. The van der Waals surface area contributed by atoms with Crippen LogP contribution in [0.3, 0.4) is 0 Å². The van der Waals surface area contributed by atoms with Crippen molar-refractivity contribution in [3.8, 4) is 5.75 Å². The van der Waals surface area contributed by atoms with Crippen molar-refractivity contribution in [2.24, 2.45) is 0 Å². The van der Waals surface area contributed by atoms with Gasteiger partial charge in [0.05, 0.1) is 0 Å². The number of fused-ring (bicyclic) bond motifs is 1. The lowest BCUT2D eigenvalue weighted by Crippen LogP contribution is -2.27. The van der Waals surface area contributed by atoms with Crippen LogP contribution in [-0.4, -0.2) is 18.0 Å². The number of nitrogens with zero attached hydrogens (tertiary/aromatic N) is 1. The van der Waals surface area contributed by atoms with Crippen LogP contribution in [0.4, 0.5) is 0 Å². The Labute approximate surface area is 134 Å². The molecule has 0 saturated carbocycles. The molecule has 0 saturated heterocycles. The summed E-state index contributed by atoms with van der Waals surface area (Å²) in [6, 6.07) is 17.1. The van der Waals surface area contributed by atoms with Gasteiger partial charge in [-0.25, -0.2) is 0 Å². The normalized spacial score (nSPS) is 17.5. The molecule has 1 atom stereocenters. The fourth-order valence-corrected chi connectivity index (χ4v) is 2.68. The Morgan fingerprint density at radius 2 is 1.73 bits per heavy atom. The van der Waals surface area contributed by atoms with E-state index in [2.05, 4.69) is 61.2 Å². The molecule has 0 amide bonds. The second kappa shape index (κ2) is 8.00. The molecule has 1 unspecified atom stereocenters. The zero-order valence-electron chi connectivity index (χ0n) is 14.2. The first-order valence-electron chi connectivity index (χ1n) is 8.29. The van der Waals surface area contributed by atoms with Crippen molar-refractivity contribution in [2.45, 2.75) is 40.3 Å². The molecule has 0 radical (unpaired) electrons. The van der Waals surface area contributed by atoms with Crippen LogP contribution in [0.25, 0.3) is 0 Å².